The Bertz CT molecular complexity index is 644. The highest BCUT2D eigenvalue weighted by Gasteiger charge is 2.25. The van der Waals surface area contributed by atoms with Crippen LogP contribution in [0.5, 0.6) is 0 Å². The molecule has 4 nitrogen and oxygen atoms in total. The van der Waals surface area contributed by atoms with E-state index < -0.39 is 0 Å². The SMILES string of the molecule is Cc1nnc2n1CC(c1ccccc1)=C2C#N. The lowest BCUT2D eigenvalue weighted by Gasteiger charge is -2.03. The molecule has 0 bridgehead atoms. The maximum atomic E-state index is 9.26. The molecule has 1 aromatic carbocycles. The second-order valence-electron chi connectivity index (χ2n) is 3.99. The van der Waals surface area contributed by atoms with Crippen LogP contribution in [0.1, 0.15) is 17.2 Å². The van der Waals surface area contributed by atoms with Crippen LogP contribution in [0.25, 0.3) is 11.1 Å². The predicted molar refractivity (Wildman–Crippen MR) is 63.6 cm³/mol. The molecule has 1 aliphatic rings. The summed E-state index contributed by atoms with van der Waals surface area (Å²) in [6, 6.07) is 12.2. The summed E-state index contributed by atoms with van der Waals surface area (Å²) < 4.78 is 1.97. The third-order valence-corrected chi connectivity index (χ3v) is 3.01. The minimum atomic E-state index is 0.636. The third-order valence-electron chi connectivity index (χ3n) is 3.01. The van der Waals surface area contributed by atoms with Crippen molar-refractivity contribution in [1.82, 2.24) is 14.8 Å². The molecule has 17 heavy (non-hydrogen) atoms. The van der Waals surface area contributed by atoms with E-state index in [0.29, 0.717) is 17.9 Å². The van der Waals surface area contributed by atoms with Crippen LogP contribution < -0.4 is 0 Å². The summed E-state index contributed by atoms with van der Waals surface area (Å²) >= 11 is 0. The Kier molecular flexibility index (Phi) is 2.05. The molecule has 0 atom stereocenters. The fourth-order valence-corrected chi connectivity index (χ4v) is 2.12. The van der Waals surface area contributed by atoms with Crippen molar-refractivity contribution in [3.63, 3.8) is 0 Å². The van der Waals surface area contributed by atoms with E-state index in [0.717, 1.165) is 17.0 Å². The van der Waals surface area contributed by atoms with E-state index in [1.54, 1.807) is 0 Å². The average molecular weight is 222 g/mol. The van der Waals surface area contributed by atoms with Gasteiger partial charge in [0, 0.05) is 5.57 Å². The molecule has 0 radical (unpaired) electrons. The highest BCUT2D eigenvalue weighted by Crippen LogP contribution is 2.33. The molecular formula is C13H10N4. The molecular weight excluding hydrogens is 212 g/mol. The minimum Gasteiger partial charge on any atom is -0.306 e. The van der Waals surface area contributed by atoms with Crippen molar-refractivity contribution in [2.45, 2.75) is 13.5 Å². The van der Waals surface area contributed by atoms with Crippen LogP contribution in [0, 0.1) is 18.3 Å². The van der Waals surface area contributed by atoms with Crippen LogP contribution in [-0.4, -0.2) is 14.8 Å². The van der Waals surface area contributed by atoms with E-state index in [9.17, 15) is 5.26 Å². The molecule has 2 aromatic rings. The predicted octanol–water partition coefficient (Wildman–Crippen LogP) is 2.03. The number of hydrogen-bond acceptors (Lipinski definition) is 3. The molecule has 1 aliphatic heterocycles. The third kappa shape index (κ3) is 1.36. The van der Waals surface area contributed by atoms with Gasteiger partial charge in [0.05, 0.1) is 6.54 Å². The summed E-state index contributed by atoms with van der Waals surface area (Å²) in [6.07, 6.45) is 0. The normalized spacial score (nSPS) is 13.6. The van der Waals surface area contributed by atoms with E-state index in [1.807, 2.05) is 41.8 Å². The summed E-state index contributed by atoms with van der Waals surface area (Å²) in [5, 5.41) is 17.3. The molecule has 0 fully saturated rings. The minimum absolute atomic E-state index is 0.636. The Morgan fingerprint density at radius 3 is 2.71 bits per heavy atom. The second kappa shape index (κ2) is 3.56. The molecule has 0 aliphatic carbocycles. The van der Waals surface area contributed by atoms with Crippen molar-refractivity contribution in [3.05, 3.63) is 47.5 Å². The highest BCUT2D eigenvalue weighted by molar-refractivity contribution is 5.97. The summed E-state index contributed by atoms with van der Waals surface area (Å²) in [5.41, 5.74) is 2.74. The summed E-state index contributed by atoms with van der Waals surface area (Å²) in [4.78, 5) is 0. The van der Waals surface area contributed by atoms with Gasteiger partial charge >= 0.3 is 0 Å². The van der Waals surface area contributed by atoms with Gasteiger partial charge in [-0.1, -0.05) is 30.3 Å². The van der Waals surface area contributed by atoms with Gasteiger partial charge in [-0.3, -0.25) is 0 Å². The first-order valence-corrected chi connectivity index (χ1v) is 5.40. The Morgan fingerprint density at radius 2 is 2.00 bits per heavy atom. The van der Waals surface area contributed by atoms with Gasteiger partial charge in [-0.05, 0) is 12.5 Å². The number of aryl methyl sites for hydroxylation is 1. The highest BCUT2D eigenvalue weighted by atomic mass is 15.3. The molecule has 4 heteroatoms. The lowest BCUT2D eigenvalue weighted by molar-refractivity contribution is 0.803. The van der Waals surface area contributed by atoms with E-state index in [1.165, 1.54) is 0 Å². The van der Waals surface area contributed by atoms with Crippen LogP contribution >= 0.6 is 0 Å². The monoisotopic (exact) mass is 222 g/mol. The number of nitrogens with zero attached hydrogens (tertiary/aromatic N) is 4. The lowest BCUT2D eigenvalue weighted by Crippen LogP contribution is -1.98. The Hall–Kier alpha value is -2.41. The molecule has 0 unspecified atom stereocenters. The first-order chi connectivity index (χ1) is 8.31. The first kappa shape index (κ1) is 9.79. The number of rotatable bonds is 1. The van der Waals surface area contributed by atoms with E-state index in [-0.39, 0.29) is 0 Å². The van der Waals surface area contributed by atoms with Gasteiger partial charge in [0.25, 0.3) is 0 Å². The van der Waals surface area contributed by atoms with Crippen LogP contribution in [0.15, 0.2) is 30.3 Å². The zero-order valence-electron chi connectivity index (χ0n) is 9.38. The Morgan fingerprint density at radius 1 is 1.24 bits per heavy atom. The van der Waals surface area contributed by atoms with Gasteiger partial charge in [-0.15, -0.1) is 10.2 Å². The van der Waals surface area contributed by atoms with Crippen molar-refractivity contribution in [1.29, 1.82) is 5.26 Å². The Balaban J connectivity index is 2.17. The summed E-state index contributed by atoms with van der Waals surface area (Å²) in [6.45, 7) is 2.58. The van der Waals surface area contributed by atoms with Crippen LogP contribution in [0.4, 0.5) is 0 Å². The molecule has 2 heterocycles. The molecule has 3 rings (SSSR count). The van der Waals surface area contributed by atoms with Crippen LogP contribution in [-0.2, 0) is 6.54 Å². The van der Waals surface area contributed by atoms with Crippen LogP contribution in [0.3, 0.4) is 0 Å². The van der Waals surface area contributed by atoms with Gasteiger partial charge in [-0.25, -0.2) is 0 Å². The fraction of sp³-hybridized carbons (Fsp3) is 0.154. The van der Waals surface area contributed by atoms with E-state index in [4.69, 9.17) is 0 Å². The number of nitriles is 1. The molecule has 1 aromatic heterocycles. The number of aromatic nitrogens is 3. The van der Waals surface area contributed by atoms with Gasteiger partial charge in [0.2, 0.25) is 0 Å². The molecule has 0 saturated heterocycles. The maximum absolute atomic E-state index is 9.26. The Labute approximate surface area is 98.8 Å². The number of allylic oxidation sites excluding steroid dienone is 2. The van der Waals surface area contributed by atoms with Gasteiger partial charge < -0.3 is 4.57 Å². The quantitative estimate of drug-likeness (QED) is 0.741. The maximum Gasteiger partial charge on any atom is 0.175 e. The molecule has 0 N–H and O–H groups in total. The lowest BCUT2D eigenvalue weighted by atomic mass is 10.0. The topological polar surface area (TPSA) is 54.5 Å². The van der Waals surface area contributed by atoms with Crippen molar-refractivity contribution in [3.8, 4) is 6.07 Å². The van der Waals surface area contributed by atoms with Gasteiger partial charge in [0.1, 0.15) is 17.5 Å². The van der Waals surface area contributed by atoms with Crippen molar-refractivity contribution in [2.24, 2.45) is 0 Å². The summed E-state index contributed by atoms with van der Waals surface area (Å²) in [7, 11) is 0. The zero-order chi connectivity index (χ0) is 11.8. The molecule has 0 spiro atoms. The van der Waals surface area contributed by atoms with Crippen molar-refractivity contribution < 1.29 is 0 Å². The smallest absolute Gasteiger partial charge is 0.175 e. The first-order valence-electron chi connectivity index (χ1n) is 5.40. The second-order valence-corrected chi connectivity index (χ2v) is 3.99. The van der Waals surface area contributed by atoms with E-state index >= 15 is 0 Å². The molecule has 0 saturated carbocycles. The number of hydrogen-bond donors (Lipinski definition) is 0. The van der Waals surface area contributed by atoms with Crippen molar-refractivity contribution >= 4 is 11.1 Å². The number of benzene rings is 1. The molecule has 0 amide bonds. The van der Waals surface area contributed by atoms with Gasteiger partial charge in [-0.2, -0.15) is 5.26 Å². The van der Waals surface area contributed by atoms with Crippen molar-refractivity contribution in [2.75, 3.05) is 0 Å². The summed E-state index contributed by atoms with van der Waals surface area (Å²) in [5.74, 6) is 1.53. The van der Waals surface area contributed by atoms with Gasteiger partial charge in [0.15, 0.2) is 5.82 Å². The largest absolute Gasteiger partial charge is 0.306 e. The van der Waals surface area contributed by atoms with Crippen LogP contribution in [0.2, 0.25) is 0 Å². The fourth-order valence-electron chi connectivity index (χ4n) is 2.12. The standard InChI is InChI=1S/C13H10N4/c1-9-15-16-13-11(7-14)12(8-17(9)13)10-5-3-2-4-6-10/h2-6H,8H2,1H3. The zero-order valence-corrected chi connectivity index (χ0v) is 9.38. The average Bonchev–Trinajstić information content (AvgIpc) is 2.90. The van der Waals surface area contributed by atoms with E-state index in [2.05, 4.69) is 16.3 Å². The molecule has 82 valence electrons. The number of fused-ring (bicyclic) bond motifs is 1.